The fourth-order valence-corrected chi connectivity index (χ4v) is 2.33. The summed E-state index contributed by atoms with van der Waals surface area (Å²) in [6.45, 7) is 1.70. The van der Waals surface area contributed by atoms with E-state index in [-0.39, 0.29) is 0 Å². The van der Waals surface area contributed by atoms with Crippen LogP contribution in [-0.4, -0.2) is 30.3 Å². The van der Waals surface area contributed by atoms with Gasteiger partial charge in [-0.15, -0.1) is 0 Å². The van der Waals surface area contributed by atoms with Crippen LogP contribution in [0.15, 0.2) is 24.3 Å². The molecule has 1 aliphatic rings. The molecular weight excluding hydrogens is 222 g/mol. The van der Waals surface area contributed by atoms with Gasteiger partial charge in [-0.3, -0.25) is 9.69 Å². The van der Waals surface area contributed by atoms with Crippen molar-refractivity contribution in [1.29, 1.82) is 0 Å². The average Bonchev–Trinajstić information content (AvgIpc) is 2.60. The molecule has 5 nitrogen and oxygen atoms in total. The topological polar surface area (TPSA) is 66.8 Å². The highest BCUT2D eigenvalue weighted by Crippen LogP contribution is 2.41. The summed E-state index contributed by atoms with van der Waals surface area (Å²) in [6, 6.07) is 6.55. The van der Waals surface area contributed by atoms with Crippen molar-refractivity contribution >= 4 is 17.7 Å². The first-order chi connectivity index (χ1) is 8.07. The number of ether oxygens (including phenoxy) is 1. The van der Waals surface area contributed by atoms with Crippen LogP contribution in [0.2, 0.25) is 0 Å². The summed E-state index contributed by atoms with van der Waals surface area (Å²) < 4.78 is 4.73. The molecule has 2 atom stereocenters. The monoisotopic (exact) mass is 235 g/mol. The van der Waals surface area contributed by atoms with E-state index in [9.17, 15) is 14.7 Å². The van der Waals surface area contributed by atoms with Crippen molar-refractivity contribution in [2.75, 3.05) is 12.0 Å². The number of rotatable bonds is 1. The Bertz CT molecular complexity index is 471. The lowest BCUT2D eigenvalue weighted by Crippen LogP contribution is -2.38. The molecule has 1 heterocycles. The van der Waals surface area contributed by atoms with E-state index < -0.39 is 24.0 Å². The Balaban J connectivity index is 2.52. The number of amides is 1. The molecule has 0 aliphatic carbocycles. The van der Waals surface area contributed by atoms with E-state index in [0.29, 0.717) is 11.3 Å². The first kappa shape index (κ1) is 11.4. The van der Waals surface area contributed by atoms with Gasteiger partial charge in [0.25, 0.3) is 0 Å². The molecule has 90 valence electrons. The zero-order chi connectivity index (χ0) is 12.6. The van der Waals surface area contributed by atoms with E-state index in [0.717, 1.165) is 0 Å². The number of hydrogen-bond acceptors (Lipinski definition) is 3. The first-order valence-corrected chi connectivity index (χ1v) is 5.27. The molecule has 1 aromatic carbocycles. The number of carbonyl (C=O) groups excluding carboxylic acids is 1. The Morgan fingerprint density at radius 1 is 1.35 bits per heavy atom. The fourth-order valence-electron chi connectivity index (χ4n) is 2.33. The van der Waals surface area contributed by atoms with E-state index in [1.165, 1.54) is 12.0 Å². The third kappa shape index (κ3) is 1.63. The van der Waals surface area contributed by atoms with Gasteiger partial charge in [0.05, 0.1) is 18.8 Å². The SMILES string of the molecule is COC(=O)C1c2ccccc2N(C(=O)O)C1C. The number of fused-ring (bicyclic) bond motifs is 1. The van der Waals surface area contributed by atoms with Crippen LogP contribution in [0.1, 0.15) is 18.4 Å². The van der Waals surface area contributed by atoms with E-state index >= 15 is 0 Å². The zero-order valence-electron chi connectivity index (χ0n) is 9.58. The molecule has 0 spiro atoms. The summed E-state index contributed by atoms with van der Waals surface area (Å²) in [5, 5.41) is 9.18. The van der Waals surface area contributed by atoms with Crippen molar-refractivity contribution in [3.63, 3.8) is 0 Å². The van der Waals surface area contributed by atoms with Gasteiger partial charge in [-0.1, -0.05) is 18.2 Å². The number of carboxylic acid groups (broad SMARTS) is 1. The molecule has 0 radical (unpaired) electrons. The summed E-state index contributed by atoms with van der Waals surface area (Å²) in [5.41, 5.74) is 1.26. The van der Waals surface area contributed by atoms with Crippen molar-refractivity contribution in [2.24, 2.45) is 0 Å². The lowest BCUT2D eigenvalue weighted by molar-refractivity contribution is -0.142. The summed E-state index contributed by atoms with van der Waals surface area (Å²) in [5.74, 6) is -0.957. The van der Waals surface area contributed by atoms with Gasteiger partial charge in [0, 0.05) is 0 Å². The molecule has 1 aliphatic heterocycles. The second-order valence-electron chi connectivity index (χ2n) is 3.95. The standard InChI is InChI=1S/C12H13NO4/c1-7-10(11(14)17-2)8-5-3-4-6-9(8)13(7)12(15)16/h3-7,10H,1-2H3,(H,15,16). The van der Waals surface area contributed by atoms with Gasteiger partial charge in [0.2, 0.25) is 0 Å². The number of nitrogens with zero attached hydrogens (tertiary/aromatic N) is 1. The quantitative estimate of drug-likeness (QED) is 0.754. The van der Waals surface area contributed by atoms with E-state index in [1.54, 1.807) is 31.2 Å². The molecule has 17 heavy (non-hydrogen) atoms. The van der Waals surface area contributed by atoms with Crippen molar-refractivity contribution in [2.45, 2.75) is 18.9 Å². The van der Waals surface area contributed by atoms with Crippen LogP contribution in [0.4, 0.5) is 10.5 Å². The van der Waals surface area contributed by atoms with Gasteiger partial charge >= 0.3 is 12.1 Å². The number of hydrogen-bond donors (Lipinski definition) is 1. The van der Waals surface area contributed by atoms with Crippen LogP contribution in [0, 0.1) is 0 Å². The molecule has 1 aromatic rings. The molecule has 1 N–H and O–H groups in total. The predicted octanol–water partition coefficient (Wildman–Crippen LogP) is 1.83. The smallest absolute Gasteiger partial charge is 0.412 e. The molecule has 0 fully saturated rings. The highest BCUT2D eigenvalue weighted by molar-refractivity contribution is 5.95. The van der Waals surface area contributed by atoms with Crippen LogP contribution in [0.25, 0.3) is 0 Å². The van der Waals surface area contributed by atoms with Crippen LogP contribution in [-0.2, 0) is 9.53 Å². The molecule has 2 unspecified atom stereocenters. The summed E-state index contributed by atoms with van der Waals surface area (Å²) in [4.78, 5) is 24.1. The number of esters is 1. The van der Waals surface area contributed by atoms with Crippen molar-refractivity contribution in [3.05, 3.63) is 29.8 Å². The maximum atomic E-state index is 11.7. The van der Waals surface area contributed by atoms with E-state index in [1.807, 2.05) is 0 Å². The lowest BCUT2D eigenvalue weighted by atomic mass is 9.96. The molecule has 1 amide bonds. The Hall–Kier alpha value is -2.04. The van der Waals surface area contributed by atoms with Crippen LogP contribution >= 0.6 is 0 Å². The Kier molecular flexibility index (Phi) is 2.75. The minimum Gasteiger partial charge on any atom is -0.468 e. The van der Waals surface area contributed by atoms with Crippen molar-refractivity contribution < 1.29 is 19.4 Å². The zero-order valence-corrected chi connectivity index (χ0v) is 9.58. The van der Waals surface area contributed by atoms with Crippen LogP contribution < -0.4 is 4.90 Å². The summed E-state index contributed by atoms with van der Waals surface area (Å²) >= 11 is 0. The average molecular weight is 235 g/mol. The second-order valence-corrected chi connectivity index (χ2v) is 3.95. The Labute approximate surface area is 98.6 Å². The summed E-state index contributed by atoms with van der Waals surface area (Å²) in [6.07, 6.45) is -1.06. The number of para-hydroxylation sites is 1. The Morgan fingerprint density at radius 3 is 2.59 bits per heavy atom. The minimum atomic E-state index is -1.06. The highest BCUT2D eigenvalue weighted by atomic mass is 16.5. The maximum absolute atomic E-state index is 11.7. The lowest BCUT2D eigenvalue weighted by Gasteiger charge is -2.21. The fraction of sp³-hybridized carbons (Fsp3) is 0.333. The molecule has 0 bridgehead atoms. The molecule has 0 saturated heterocycles. The maximum Gasteiger partial charge on any atom is 0.412 e. The third-order valence-electron chi connectivity index (χ3n) is 3.08. The molecule has 5 heteroatoms. The van der Waals surface area contributed by atoms with Gasteiger partial charge in [-0.05, 0) is 18.6 Å². The van der Waals surface area contributed by atoms with Crippen LogP contribution in [0.3, 0.4) is 0 Å². The minimum absolute atomic E-state index is 0.409. The normalized spacial score (nSPS) is 22.1. The van der Waals surface area contributed by atoms with Gasteiger partial charge in [-0.2, -0.15) is 0 Å². The molecule has 0 aromatic heterocycles. The molecular formula is C12H13NO4. The van der Waals surface area contributed by atoms with Gasteiger partial charge in [0.15, 0.2) is 0 Å². The van der Waals surface area contributed by atoms with Crippen molar-refractivity contribution in [3.8, 4) is 0 Å². The Morgan fingerprint density at radius 2 is 2.00 bits per heavy atom. The van der Waals surface area contributed by atoms with Gasteiger partial charge < -0.3 is 9.84 Å². The molecule has 2 rings (SSSR count). The van der Waals surface area contributed by atoms with Gasteiger partial charge in [0.1, 0.15) is 5.92 Å². The van der Waals surface area contributed by atoms with Crippen molar-refractivity contribution in [1.82, 2.24) is 0 Å². The van der Waals surface area contributed by atoms with E-state index in [2.05, 4.69) is 0 Å². The second kappa shape index (κ2) is 4.08. The van der Waals surface area contributed by atoms with Crippen LogP contribution in [0.5, 0.6) is 0 Å². The molecule has 0 saturated carbocycles. The summed E-state index contributed by atoms with van der Waals surface area (Å²) in [7, 11) is 1.31. The number of benzene rings is 1. The highest BCUT2D eigenvalue weighted by Gasteiger charge is 2.43. The number of methoxy groups -OCH3 is 1. The largest absolute Gasteiger partial charge is 0.468 e. The van der Waals surface area contributed by atoms with E-state index in [4.69, 9.17) is 4.74 Å². The third-order valence-corrected chi connectivity index (χ3v) is 3.08. The predicted molar refractivity (Wildman–Crippen MR) is 61.2 cm³/mol. The van der Waals surface area contributed by atoms with Gasteiger partial charge in [-0.25, -0.2) is 4.79 Å². The number of carbonyl (C=O) groups is 2. The first-order valence-electron chi connectivity index (χ1n) is 5.27. The number of anilines is 1.